The highest BCUT2D eigenvalue weighted by Gasteiger charge is 2.56. The predicted molar refractivity (Wildman–Crippen MR) is 372 cm³/mol. The van der Waals surface area contributed by atoms with E-state index in [1.54, 1.807) is 13.0 Å². The highest BCUT2D eigenvalue weighted by atomic mass is 19.4. The average Bonchev–Trinajstić information content (AvgIpc) is 1.70. The lowest BCUT2D eigenvalue weighted by molar-refractivity contribution is -0.219. The van der Waals surface area contributed by atoms with E-state index in [2.05, 4.69) is 17.6 Å². The number of amides is 12. The molecule has 7 fully saturated rings. The van der Waals surface area contributed by atoms with E-state index in [9.17, 15) is 41.9 Å². The second-order valence-electron chi connectivity index (χ2n) is 31.7. The number of hydrogen-bond donors (Lipinski definition) is 2. The molecule has 0 aromatic carbocycles. The quantitative estimate of drug-likeness (QED) is 0.192. The summed E-state index contributed by atoms with van der Waals surface area (Å²) in [7, 11) is 13.0. The summed E-state index contributed by atoms with van der Waals surface area (Å²) in [6, 6.07) is -10.1. The van der Waals surface area contributed by atoms with E-state index >= 15 is 37.5 Å². The van der Waals surface area contributed by atoms with E-state index in [0.717, 1.165) is 43.4 Å². The molecule has 11 atom stereocenters. The molecule has 103 heavy (non-hydrogen) atoms. The van der Waals surface area contributed by atoms with Crippen molar-refractivity contribution in [1.29, 1.82) is 0 Å². The number of carbonyl (C=O) groups excluding carboxylic acids is 12. The molecule has 3 aliphatic heterocycles. The van der Waals surface area contributed by atoms with Gasteiger partial charge in [0.25, 0.3) is 0 Å². The van der Waals surface area contributed by atoms with Gasteiger partial charge in [-0.2, -0.15) is 13.2 Å². The fraction of sp³-hybridized carbons (Fsp3) is 0.811. The van der Waals surface area contributed by atoms with E-state index in [1.807, 2.05) is 13.0 Å². The molecule has 5 aliphatic carbocycles. The molecule has 2 unspecified atom stereocenters. The van der Waals surface area contributed by atoms with E-state index in [0.29, 0.717) is 57.3 Å². The van der Waals surface area contributed by atoms with Gasteiger partial charge in [-0.1, -0.05) is 90.7 Å². The molecule has 578 valence electrons. The molecule has 3 heterocycles. The molecule has 0 aromatic heterocycles. The van der Waals surface area contributed by atoms with Crippen molar-refractivity contribution in [2.75, 3.05) is 89.6 Å². The molecule has 0 aromatic rings. The van der Waals surface area contributed by atoms with Crippen molar-refractivity contribution in [3.05, 3.63) is 12.2 Å². The molecule has 1 spiro atoms. The van der Waals surface area contributed by atoms with Crippen molar-refractivity contribution in [3.8, 4) is 0 Å². The van der Waals surface area contributed by atoms with Crippen LogP contribution in [0.15, 0.2) is 12.2 Å². The van der Waals surface area contributed by atoms with Crippen molar-refractivity contribution in [1.82, 2.24) is 59.6 Å². The van der Waals surface area contributed by atoms with Crippen LogP contribution in [0.4, 0.5) is 22.0 Å². The van der Waals surface area contributed by atoms with E-state index < -0.39 is 199 Å². The number of rotatable bonds is 10. The topological polar surface area (TPSA) is 261 Å². The van der Waals surface area contributed by atoms with Crippen molar-refractivity contribution in [3.63, 3.8) is 0 Å². The highest BCUT2D eigenvalue weighted by molar-refractivity contribution is 6.01. The summed E-state index contributed by atoms with van der Waals surface area (Å²) in [5, 5.41) is 5.67. The lowest BCUT2D eigenvalue weighted by Gasteiger charge is -2.45. The summed E-state index contributed by atoms with van der Waals surface area (Å²) >= 11 is 0. The monoisotopic (exact) mass is 1460 g/mol. The largest absolute Gasteiger partial charge is 0.397 e. The number of nitrogens with one attached hydrogen (secondary N) is 2. The molecule has 8 aliphatic rings. The maximum absolute atomic E-state index is 15.8. The maximum Gasteiger partial charge on any atom is 0.397 e. The number of hydrogen-bond acceptors (Lipinski definition) is 12. The minimum atomic E-state index is -5.16. The molecule has 8 rings (SSSR count). The van der Waals surface area contributed by atoms with Gasteiger partial charge in [0.15, 0.2) is 0 Å². The van der Waals surface area contributed by atoms with Crippen LogP contribution in [0.1, 0.15) is 181 Å². The number of nitrogens with zero attached hydrogens (tertiary/aromatic N) is 10. The summed E-state index contributed by atoms with van der Waals surface area (Å²) in [6.45, 7) is 4.52. The zero-order chi connectivity index (χ0) is 75.9. The molecule has 12 amide bonds. The number of carbonyl (C=O) groups is 12. The van der Waals surface area contributed by atoms with E-state index in [1.165, 1.54) is 108 Å². The molecule has 2 saturated heterocycles. The molecular weight excluding hydrogens is 1340 g/mol. The Labute approximate surface area is 604 Å². The maximum atomic E-state index is 15.8. The Morgan fingerprint density at radius 1 is 0.612 bits per heavy atom. The Kier molecular flexibility index (Phi) is 27.7. The van der Waals surface area contributed by atoms with Gasteiger partial charge in [-0.25, -0.2) is 8.78 Å². The van der Waals surface area contributed by atoms with Crippen LogP contribution in [0.5, 0.6) is 0 Å². The zero-order valence-corrected chi connectivity index (χ0v) is 62.7. The summed E-state index contributed by atoms with van der Waals surface area (Å²) in [5.41, 5.74) is -1.57. The van der Waals surface area contributed by atoms with Crippen molar-refractivity contribution in [2.24, 2.45) is 41.4 Å². The lowest BCUT2D eigenvalue weighted by Crippen LogP contribution is -2.65. The second kappa shape index (κ2) is 35.0. The molecule has 5 saturated carbocycles. The zero-order valence-electron chi connectivity index (χ0n) is 62.7. The van der Waals surface area contributed by atoms with Crippen molar-refractivity contribution in [2.45, 2.75) is 254 Å². The number of halogens is 5. The minimum Gasteiger partial charge on any atom is -0.347 e. The number of alkyl halides is 5. The lowest BCUT2D eigenvalue weighted by atomic mass is 9.76. The Morgan fingerprint density at radius 3 is 1.82 bits per heavy atom. The van der Waals surface area contributed by atoms with Crippen LogP contribution in [-0.4, -0.2) is 282 Å². The Morgan fingerprint density at radius 2 is 1.22 bits per heavy atom. The Hall–Kier alpha value is -6.97. The van der Waals surface area contributed by atoms with Gasteiger partial charge in [0, 0.05) is 76.5 Å². The van der Waals surface area contributed by atoms with Crippen LogP contribution in [0.25, 0.3) is 0 Å². The van der Waals surface area contributed by atoms with Gasteiger partial charge >= 0.3 is 6.18 Å². The van der Waals surface area contributed by atoms with Crippen LogP contribution in [0, 0.1) is 41.4 Å². The van der Waals surface area contributed by atoms with Crippen molar-refractivity contribution < 1.29 is 79.5 Å². The summed E-state index contributed by atoms with van der Waals surface area (Å²) in [6.07, 6.45) is 0.220. The minimum absolute atomic E-state index is 0.0232. The number of likely N-dealkylation sites (N-methyl/N-ethyl adjacent to an activating group) is 8. The normalized spacial score (nSPS) is 32.9. The van der Waals surface area contributed by atoms with Gasteiger partial charge in [-0.15, -0.1) is 0 Å². The smallest absolute Gasteiger partial charge is 0.347 e. The first kappa shape index (κ1) is 81.7. The Bertz CT molecular complexity index is 3110. The van der Waals surface area contributed by atoms with Gasteiger partial charge in [-0.05, 0) is 132 Å². The first-order valence-corrected chi connectivity index (χ1v) is 37.8. The third kappa shape index (κ3) is 18.8. The van der Waals surface area contributed by atoms with Gasteiger partial charge in [-0.3, -0.25) is 57.5 Å². The van der Waals surface area contributed by atoms with Gasteiger partial charge in [0.1, 0.15) is 72.1 Å². The first-order chi connectivity index (χ1) is 48.5. The van der Waals surface area contributed by atoms with E-state index in [-0.39, 0.29) is 76.3 Å². The fourth-order valence-electron chi connectivity index (χ4n) is 17.5. The summed E-state index contributed by atoms with van der Waals surface area (Å²) < 4.78 is 72.7. The summed E-state index contributed by atoms with van der Waals surface area (Å²) in [4.78, 5) is 194. The first-order valence-electron chi connectivity index (χ1n) is 37.8. The van der Waals surface area contributed by atoms with Crippen LogP contribution in [-0.2, 0) is 57.5 Å². The molecule has 2 N–H and O–H groups in total. The highest BCUT2D eigenvalue weighted by Crippen LogP contribution is 2.46. The molecule has 0 radical (unpaired) electrons. The number of fused-ring (bicyclic) bond motifs is 3. The van der Waals surface area contributed by atoms with Crippen LogP contribution in [0.3, 0.4) is 0 Å². The second-order valence-corrected chi connectivity index (χ2v) is 31.7. The molecular formula is C74H115F5N12O12. The summed E-state index contributed by atoms with van der Waals surface area (Å²) in [5.74, 6) is -12.6. The average molecular weight is 1460 g/mol. The van der Waals surface area contributed by atoms with Gasteiger partial charge < -0.3 is 59.6 Å². The van der Waals surface area contributed by atoms with Gasteiger partial charge in [0.2, 0.25) is 70.9 Å². The van der Waals surface area contributed by atoms with Crippen LogP contribution < -0.4 is 10.6 Å². The van der Waals surface area contributed by atoms with Crippen molar-refractivity contribution >= 4 is 70.9 Å². The van der Waals surface area contributed by atoms with Crippen LogP contribution in [0.2, 0.25) is 0 Å². The van der Waals surface area contributed by atoms with Gasteiger partial charge in [0.05, 0.1) is 19.5 Å². The third-order valence-corrected chi connectivity index (χ3v) is 24.4. The third-order valence-electron chi connectivity index (χ3n) is 24.4. The SMILES string of the molecule is CC[C@H](C)[C@@H]1NC(=O)[C@H](C2CC2)N(C)C(=O)C[C@@H](C(=O)N(C)C)N(C)C(=O)[C@H](C2CCCC2)N(C)C(=O)C2(CCCC2)N(C)C(=O)[C@@H]2CCCN2C(=O)[C@H](CCC2CC(F)C(C(F)(F)F)C(F)C2)NC(=O)CN(C)C(=O)[C@H](CC2CCC(C)CC2)N2CC/C=C\C[C@@H](C2=O)N(C)C(=O)CN(C)C1=O. The Balaban J connectivity index is 1.18. The van der Waals surface area contributed by atoms with Crippen LogP contribution >= 0.6 is 0 Å². The molecule has 29 heteroatoms. The standard InChI is InChI=1S/C74H115F5N12O12/c1-13-45(3)61-70(101)84(7)43-59(94)85(8)53-24-15-14-20-36-91(69(53)100)56(40-46-28-26-44(2)27-29-46)67(98)83(6)42-57(92)80-52(33-30-47-38-50(75)60(51(76)39-47)74(77,78)79)65(96)90-37-21-25-54(90)68(99)89(12)73(34-18-19-35-73)72(103)88(11)63(48-22-16-17-23-48)71(102)86(9)55(66(97)82(4)5)41-58(93)87(10)62(49-31-32-49)64(95)81-61/h14-15,44-56,60-63H,13,16-43H2,1-12H3,(H,80,92)(H,81,95)/b15-14-/t44?,45-,46?,47?,50?,51?,52-,53-,54-,55-,56-,60?,61-,62-,63-/m0/s1. The fourth-order valence-corrected chi connectivity index (χ4v) is 17.5. The molecule has 2 bridgehead atoms. The van der Waals surface area contributed by atoms with E-state index in [4.69, 9.17) is 0 Å². The predicted octanol–water partition coefficient (Wildman–Crippen LogP) is 5.89. The molecule has 24 nitrogen and oxygen atoms in total.